The fourth-order valence-corrected chi connectivity index (χ4v) is 2.24. The molecule has 0 radical (unpaired) electrons. The molecule has 0 saturated heterocycles. The number of esters is 1. The molecule has 0 aliphatic heterocycles. The number of carbonyl (C=O) groups excluding carboxylic acids is 1. The molecule has 0 spiro atoms. The summed E-state index contributed by atoms with van der Waals surface area (Å²) >= 11 is 0. The maximum Gasteiger partial charge on any atom is 0.305 e. The number of rotatable bonds is 3. The first-order valence-electron chi connectivity index (χ1n) is 6.19. The third-order valence-electron chi connectivity index (χ3n) is 3.23. The second-order valence-corrected chi connectivity index (χ2v) is 4.47. The number of aryl methyl sites for hydroxylation is 1. The Morgan fingerprint density at radius 1 is 1.37 bits per heavy atom. The molecule has 0 atom stereocenters. The van der Waals surface area contributed by atoms with Gasteiger partial charge in [0.25, 0.3) is 0 Å². The minimum atomic E-state index is -0.182. The van der Waals surface area contributed by atoms with E-state index in [4.69, 9.17) is 0 Å². The van der Waals surface area contributed by atoms with Gasteiger partial charge in [0.15, 0.2) is 0 Å². The summed E-state index contributed by atoms with van der Waals surface area (Å²) in [6, 6.07) is 10.1. The standard InChI is InChI=1S/C15H14N2O2/c1-19-15(18)7-6-11-8-12-9-16-13-4-2-3-5-14(13)17(12)10-11/h2-5,8-10H,6-7H2,1H3. The molecule has 0 fully saturated rings. The minimum absolute atomic E-state index is 0.182. The van der Waals surface area contributed by atoms with E-state index < -0.39 is 0 Å². The van der Waals surface area contributed by atoms with Gasteiger partial charge in [-0.1, -0.05) is 12.1 Å². The third-order valence-corrected chi connectivity index (χ3v) is 3.23. The molecule has 0 saturated carbocycles. The van der Waals surface area contributed by atoms with Gasteiger partial charge in [-0.05, 0) is 30.2 Å². The summed E-state index contributed by atoms with van der Waals surface area (Å²) in [7, 11) is 1.41. The van der Waals surface area contributed by atoms with Crippen molar-refractivity contribution in [2.24, 2.45) is 0 Å². The van der Waals surface area contributed by atoms with E-state index in [1.807, 2.05) is 30.5 Å². The Morgan fingerprint density at radius 3 is 3.05 bits per heavy atom. The highest BCUT2D eigenvalue weighted by Gasteiger charge is 2.06. The van der Waals surface area contributed by atoms with Crippen molar-refractivity contribution in [1.29, 1.82) is 0 Å². The van der Waals surface area contributed by atoms with Crippen molar-refractivity contribution >= 4 is 22.5 Å². The van der Waals surface area contributed by atoms with Gasteiger partial charge in [-0.3, -0.25) is 9.78 Å². The normalized spacial score (nSPS) is 11.0. The second-order valence-electron chi connectivity index (χ2n) is 4.47. The Kier molecular flexibility index (Phi) is 2.91. The predicted molar refractivity (Wildman–Crippen MR) is 73.0 cm³/mol. The molecule has 3 rings (SSSR count). The smallest absolute Gasteiger partial charge is 0.305 e. The maximum atomic E-state index is 11.2. The van der Waals surface area contributed by atoms with Crippen LogP contribution in [-0.4, -0.2) is 22.5 Å². The maximum absolute atomic E-state index is 11.2. The molecule has 4 nitrogen and oxygen atoms in total. The molecular weight excluding hydrogens is 240 g/mol. The molecule has 0 bridgehead atoms. The Hall–Kier alpha value is -2.36. The quantitative estimate of drug-likeness (QED) is 0.675. The van der Waals surface area contributed by atoms with Crippen LogP contribution in [0.3, 0.4) is 0 Å². The van der Waals surface area contributed by atoms with E-state index in [1.54, 1.807) is 0 Å². The number of fused-ring (bicyclic) bond motifs is 3. The Morgan fingerprint density at radius 2 is 2.21 bits per heavy atom. The minimum Gasteiger partial charge on any atom is -0.469 e. The zero-order valence-corrected chi connectivity index (χ0v) is 10.7. The molecule has 0 aliphatic carbocycles. The van der Waals surface area contributed by atoms with E-state index >= 15 is 0 Å². The van der Waals surface area contributed by atoms with Gasteiger partial charge in [-0.15, -0.1) is 0 Å². The number of methoxy groups -OCH3 is 1. The fourth-order valence-electron chi connectivity index (χ4n) is 2.24. The number of benzene rings is 1. The Labute approximate surface area is 110 Å². The van der Waals surface area contributed by atoms with Crippen molar-refractivity contribution in [2.75, 3.05) is 7.11 Å². The van der Waals surface area contributed by atoms with Gasteiger partial charge in [0, 0.05) is 12.6 Å². The molecule has 4 heteroatoms. The zero-order chi connectivity index (χ0) is 13.2. The van der Waals surface area contributed by atoms with Crippen LogP contribution in [-0.2, 0) is 16.0 Å². The van der Waals surface area contributed by atoms with Crippen LogP contribution in [0.1, 0.15) is 12.0 Å². The number of ether oxygens (including phenoxy) is 1. The topological polar surface area (TPSA) is 43.6 Å². The Bertz CT molecular complexity index is 746. The highest BCUT2D eigenvalue weighted by Crippen LogP contribution is 2.18. The van der Waals surface area contributed by atoms with Crippen LogP contribution in [0.5, 0.6) is 0 Å². The van der Waals surface area contributed by atoms with Gasteiger partial charge in [-0.25, -0.2) is 0 Å². The number of aromatic nitrogens is 2. The van der Waals surface area contributed by atoms with Crippen molar-refractivity contribution in [3.63, 3.8) is 0 Å². The van der Waals surface area contributed by atoms with Gasteiger partial charge >= 0.3 is 5.97 Å². The average Bonchev–Trinajstić information content (AvgIpc) is 2.88. The lowest BCUT2D eigenvalue weighted by Gasteiger charge is -2.00. The highest BCUT2D eigenvalue weighted by molar-refractivity contribution is 5.78. The summed E-state index contributed by atoms with van der Waals surface area (Å²) in [5.74, 6) is -0.182. The van der Waals surface area contributed by atoms with E-state index in [-0.39, 0.29) is 5.97 Å². The number of carbonyl (C=O) groups is 1. The molecule has 0 N–H and O–H groups in total. The van der Waals surface area contributed by atoms with Gasteiger partial charge in [0.05, 0.1) is 29.9 Å². The largest absolute Gasteiger partial charge is 0.469 e. The van der Waals surface area contributed by atoms with Crippen molar-refractivity contribution in [2.45, 2.75) is 12.8 Å². The van der Waals surface area contributed by atoms with Crippen molar-refractivity contribution < 1.29 is 9.53 Å². The molecule has 0 aliphatic rings. The summed E-state index contributed by atoms with van der Waals surface area (Å²) in [5.41, 5.74) is 4.19. The lowest BCUT2D eigenvalue weighted by molar-refractivity contribution is -0.140. The van der Waals surface area contributed by atoms with Crippen LogP contribution in [0.25, 0.3) is 16.6 Å². The first-order valence-corrected chi connectivity index (χ1v) is 6.19. The highest BCUT2D eigenvalue weighted by atomic mass is 16.5. The zero-order valence-electron chi connectivity index (χ0n) is 10.7. The van der Waals surface area contributed by atoms with E-state index in [2.05, 4.69) is 26.4 Å². The van der Waals surface area contributed by atoms with Gasteiger partial charge in [0.1, 0.15) is 0 Å². The molecule has 19 heavy (non-hydrogen) atoms. The van der Waals surface area contributed by atoms with Gasteiger partial charge in [0.2, 0.25) is 0 Å². The molecule has 0 unspecified atom stereocenters. The van der Waals surface area contributed by atoms with E-state index in [1.165, 1.54) is 7.11 Å². The summed E-state index contributed by atoms with van der Waals surface area (Å²) < 4.78 is 6.76. The summed E-state index contributed by atoms with van der Waals surface area (Å²) in [4.78, 5) is 15.6. The first-order chi connectivity index (χ1) is 9.28. The van der Waals surface area contributed by atoms with E-state index in [0.717, 1.165) is 22.1 Å². The lowest BCUT2D eigenvalue weighted by atomic mass is 10.2. The number of para-hydroxylation sites is 2. The first kappa shape index (κ1) is 11.7. The van der Waals surface area contributed by atoms with Crippen LogP contribution < -0.4 is 0 Å². The van der Waals surface area contributed by atoms with Gasteiger partial charge < -0.3 is 9.14 Å². The van der Waals surface area contributed by atoms with Gasteiger partial charge in [-0.2, -0.15) is 0 Å². The number of hydrogen-bond acceptors (Lipinski definition) is 3. The molecule has 2 heterocycles. The average molecular weight is 254 g/mol. The molecule has 3 aromatic rings. The van der Waals surface area contributed by atoms with Crippen LogP contribution in [0.2, 0.25) is 0 Å². The predicted octanol–water partition coefficient (Wildman–Crippen LogP) is 2.59. The summed E-state index contributed by atoms with van der Waals surface area (Å²) in [5, 5.41) is 0. The fraction of sp³-hybridized carbons (Fsp3) is 0.200. The third kappa shape index (κ3) is 2.17. The molecular formula is C15H14N2O2. The van der Waals surface area contributed by atoms with Crippen LogP contribution >= 0.6 is 0 Å². The van der Waals surface area contributed by atoms with Crippen molar-refractivity contribution in [1.82, 2.24) is 9.38 Å². The number of hydrogen-bond donors (Lipinski definition) is 0. The Balaban J connectivity index is 2.00. The second kappa shape index (κ2) is 4.72. The van der Waals surface area contributed by atoms with E-state index in [9.17, 15) is 4.79 Å². The lowest BCUT2D eigenvalue weighted by Crippen LogP contribution is -2.01. The molecule has 1 aromatic carbocycles. The SMILES string of the molecule is COC(=O)CCc1cc2cnc3ccccc3n2c1. The van der Waals surface area contributed by atoms with Crippen LogP contribution in [0.15, 0.2) is 42.7 Å². The molecule has 2 aromatic heterocycles. The van der Waals surface area contributed by atoms with Crippen molar-refractivity contribution in [3.8, 4) is 0 Å². The van der Waals surface area contributed by atoms with E-state index in [0.29, 0.717) is 12.8 Å². The van der Waals surface area contributed by atoms with Crippen LogP contribution in [0.4, 0.5) is 0 Å². The monoisotopic (exact) mass is 254 g/mol. The number of nitrogens with zero attached hydrogens (tertiary/aromatic N) is 2. The van der Waals surface area contributed by atoms with Crippen LogP contribution in [0, 0.1) is 0 Å². The molecule has 96 valence electrons. The molecule has 0 amide bonds. The summed E-state index contributed by atoms with van der Waals surface area (Å²) in [6.07, 6.45) is 4.99. The van der Waals surface area contributed by atoms with Crippen molar-refractivity contribution in [3.05, 3.63) is 48.3 Å². The summed E-state index contributed by atoms with van der Waals surface area (Å²) in [6.45, 7) is 0.